The van der Waals surface area contributed by atoms with Gasteiger partial charge in [-0.3, -0.25) is 0 Å². The third kappa shape index (κ3) is 1.51. The maximum absolute atomic E-state index is 6.06. The predicted octanol–water partition coefficient (Wildman–Crippen LogP) is 2.13. The lowest BCUT2D eigenvalue weighted by Crippen LogP contribution is -2.11. The molecule has 0 aromatic carbocycles. The van der Waals surface area contributed by atoms with Gasteiger partial charge in [0, 0.05) is 12.2 Å². The lowest BCUT2D eigenvalue weighted by atomic mass is 10.1. The highest BCUT2D eigenvalue weighted by Gasteiger charge is 2.09. The quantitative estimate of drug-likeness (QED) is 0.803. The first-order valence-corrected chi connectivity index (χ1v) is 5.00. The number of hydrogen-bond donors (Lipinski definition) is 1. The molecule has 0 aliphatic heterocycles. The lowest BCUT2D eigenvalue weighted by molar-refractivity contribution is 0.617. The molecule has 2 aromatic heterocycles. The van der Waals surface area contributed by atoms with Gasteiger partial charge in [-0.2, -0.15) is 0 Å². The van der Waals surface area contributed by atoms with Crippen LogP contribution in [-0.4, -0.2) is 9.38 Å². The van der Waals surface area contributed by atoms with E-state index < -0.39 is 0 Å². The SMILES string of the molecule is CCCC(N)c1cnc2ccccn12. The fraction of sp³-hybridized carbons (Fsp3) is 0.364. The van der Waals surface area contributed by atoms with Crippen molar-refractivity contribution < 1.29 is 0 Å². The van der Waals surface area contributed by atoms with E-state index in [4.69, 9.17) is 5.73 Å². The number of pyridine rings is 1. The Morgan fingerprint density at radius 1 is 1.50 bits per heavy atom. The fourth-order valence-electron chi connectivity index (χ4n) is 1.69. The molecule has 74 valence electrons. The van der Waals surface area contributed by atoms with Gasteiger partial charge in [-0.05, 0) is 18.6 Å². The van der Waals surface area contributed by atoms with Crippen molar-refractivity contribution in [2.75, 3.05) is 0 Å². The molecule has 1 atom stereocenters. The highest BCUT2D eigenvalue weighted by Crippen LogP contribution is 2.16. The fourth-order valence-corrected chi connectivity index (χ4v) is 1.69. The molecule has 0 aliphatic carbocycles. The van der Waals surface area contributed by atoms with Crippen LogP contribution in [0.4, 0.5) is 0 Å². The topological polar surface area (TPSA) is 43.3 Å². The van der Waals surface area contributed by atoms with E-state index in [-0.39, 0.29) is 6.04 Å². The van der Waals surface area contributed by atoms with Crippen molar-refractivity contribution in [3.8, 4) is 0 Å². The van der Waals surface area contributed by atoms with Gasteiger partial charge in [0.15, 0.2) is 0 Å². The summed E-state index contributed by atoms with van der Waals surface area (Å²) in [5, 5.41) is 0. The van der Waals surface area contributed by atoms with Crippen LogP contribution in [-0.2, 0) is 0 Å². The van der Waals surface area contributed by atoms with E-state index >= 15 is 0 Å². The molecule has 0 saturated heterocycles. The van der Waals surface area contributed by atoms with Crippen LogP contribution in [0.15, 0.2) is 30.6 Å². The van der Waals surface area contributed by atoms with Crippen LogP contribution in [0, 0.1) is 0 Å². The Labute approximate surface area is 83.6 Å². The molecule has 1 unspecified atom stereocenters. The second-order valence-electron chi connectivity index (χ2n) is 3.51. The Morgan fingerprint density at radius 3 is 3.14 bits per heavy atom. The van der Waals surface area contributed by atoms with Gasteiger partial charge in [0.05, 0.1) is 11.9 Å². The van der Waals surface area contributed by atoms with Gasteiger partial charge in [-0.1, -0.05) is 19.4 Å². The Bertz CT molecular complexity index is 419. The zero-order chi connectivity index (χ0) is 9.97. The van der Waals surface area contributed by atoms with E-state index in [1.165, 1.54) is 0 Å². The van der Waals surface area contributed by atoms with Gasteiger partial charge in [0.2, 0.25) is 0 Å². The average Bonchev–Trinajstić information content (AvgIpc) is 2.61. The summed E-state index contributed by atoms with van der Waals surface area (Å²) in [5.41, 5.74) is 8.12. The van der Waals surface area contributed by atoms with Crippen LogP contribution in [0.3, 0.4) is 0 Å². The zero-order valence-electron chi connectivity index (χ0n) is 8.35. The molecule has 0 aliphatic rings. The maximum Gasteiger partial charge on any atom is 0.136 e. The van der Waals surface area contributed by atoms with E-state index in [0.717, 1.165) is 24.2 Å². The minimum Gasteiger partial charge on any atom is -0.323 e. The second kappa shape index (κ2) is 3.80. The molecule has 14 heavy (non-hydrogen) atoms. The molecule has 0 fully saturated rings. The lowest BCUT2D eigenvalue weighted by Gasteiger charge is -2.09. The first kappa shape index (κ1) is 9.21. The molecule has 2 heterocycles. The number of nitrogens with zero attached hydrogens (tertiary/aromatic N) is 2. The minimum atomic E-state index is 0.0948. The molecule has 3 heteroatoms. The largest absolute Gasteiger partial charge is 0.323 e. The highest BCUT2D eigenvalue weighted by atomic mass is 15.0. The summed E-state index contributed by atoms with van der Waals surface area (Å²) in [6, 6.07) is 6.06. The van der Waals surface area contributed by atoms with Crippen LogP contribution in [0.25, 0.3) is 5.65 Å². The maximum atomic E-state index is 6.06. The number of rotatable bonds is 3. The van der Waals surface area contributed by atoms with Crippen molar-refractivity contribution in [1.82, 2.24) is 9.38 Å². The Morgan fingerprint density at radius 2 is 2.36 bits per heavy atom. The number of imidazole rings is 1. The normalized spacial score (nSPS) is 13.3. The molecule has 0 saturated carbocycles. The van der Waals surface area contributed by atoms with Crippen molar-refractivity contribution in [3.05, 3.63) is 36.3 Å². The second-order valence-corrected chi connectivity index (χ2v) is 3.51. The van der Waals surface area contributed by atoms with Crippen molar-refractivity contribution in [1.29, 1.82) is 0 Å². The monoisotopic (exact) mass is 189 g/mol. The van der Waals surface area contributed by atoms with Crippen molar-refractivity contribution >= 4 is 5.65 Å². The van der Waals surface area contributed by atoms with Gasteiger partial charge in [-0.25, -0.2) is 4.98 Å². The molecule has 0 radical (unpaired) electrons. The van der Waals surface area contributed by atoms with Gasteiger partial charge in [0.1, 0.15) is 5.65 Å². The molecular formula is C11H15N3. The summed E-state index contributed by atoms with van der Waals surface area (Å²) in [6.45, 7) is 2.14. The van der Waals surface area contributed by atoms with E-state index in [0.29, 0.717) is 0 Å². The van der Waals surface area contributed by atoms with Crippen LogP contribution >= 0.6 is 0 Å². The first-order chi connectivity index (χ1) is 6.83. The van der Waals surface area contributed by atoms with Crippen LogP contribution in [0.2, 0.25) is 0 Å². The van der Waals surface area contributed by atoms with E-state index in [9.17, 15) is 0 Å². The van der Waals surface area contributed by atoms with Crippen molar-refractivity contribution in [2.45, 2.75) is 25.8 Å². The van der Waals surface area contributed by atoms with Gasteiger partial charge < -0.3 is 10.1 Å². The molecule has 3 nitrogen and oxygen atoms in total. The van der Waals surface area contributed by atoms with E-state index in [1.54, 1.807) is 0 Å². The molecule has 0 amide bonds. The molecule has 0 bridgehead atoms. The molecular weight excluding hydrogens is 174 g/mol. The number of hydrogen-bond acceptors (Lipinski definition) is 2. The van der Waals surface area contributed by atoms with Crippen molar-refractivity contribution in [2.24, 2.45) is 5.73 Å². The van der Waals surface area contributed by atoms with Gasteiger partial charge in [-0.15, -0.1) is 0 Å². The summed E-state index contributed by atoms with van der Waals surface area (Å²) in [4.78, 5) is 4.30. The Balaban J connectivity index is 2.42. The Kier molecular flexibility index (Phi) is 2.50. The molecule has 2 aromatic rings. The summed E-state index contributed by atoms with van der Waals surface area (Å²) >= 11 is 0. The first-order valence-electron chi connectivity index (χ1n) is 5.00. The molecule has 0 spiro atoms. The summed E-state index contributed by atoms with van der Waals surface area (Å²) in [7, 11) is 0. The van der Waals surface area contributed by atoms with Crippen molar-refractivity contribution in [3.63, 3.8) is 0 Å². The summed E-state index contributed by atoms with van der Waals surface area (Å²) in [6.07, 6.45) is 5.98. The highest BCUT2D eigenvalue weighted by molar-refractivity contribution is 5.40. The molecule has 2 rings (SSSR count). The van der Waals surface area contributed by atoms with E-state index in [2.05, 4.69) is 16.3 Å². The third-order valence-electron chi connectivity index (χ3n) is 2.43. The average molecular weight is 189 g/mol. The van der Waals surface area contributed by atoms with Crippen LogP contribution in [0.5, 0.6) is 0 Å². The number of fused-ring (bicyclic) bond motifs is 1. The Hall–Kier alpha value is -1.35. The predicted molar refractivity (Wildman–Crippen MR) is 57.0 cm³/mol. The standard InChI is InChI=1S/C11H15N3/c1-2-5-9(12)10-8-13-11-6-3-4-7-14(10)11/h3-4,6-9H,2,5,12H2,1H3. The number of nitrogens with two attached hydrogens (primary N) is 1. The minimum absolute atomic E-state index is 0.0948. The van der Waals surface area contributed by atoms with Gasteiger partial charge in [0.25, 0.3) is 0 Å². The third-order valence-corrected chi connectivity index (χ3v) is 2.43. The summed E-state index contributed by atoms with van der Waals surface area (Å²) < 4.78 is 2.06. The zero-order valence-corrected chi connectivity index (χ0v) is 8.35. The van der Waals surface area contributed by atoms with Crippen LogP contribution < -0.4 is 5.73 Å². The molecule has 2 N–H and O–H groups in total. The van der Waals surface area contributed by atoms with E-state index in [1.807, 2.05) is 30.6 Å². The summed E-state index contributed by atoms with van der Waals surface area (Å²) in [5.74, 6) is 0. The van der Waals surface area contributed by atoms with Crippen LogP contribution in [0.1, 0.15) is 31.5 Å². The van der Waals surface area contributed by atoms with Gasteiger partial charge >= 0.3 is 0 Å². The smallest absolute Gasteiger partial charge is 0.136 e. The number of aromatic nitrogens is 2.